The van der Waals surface area contributed by atoms with Crippen molar-refractivity contribution in [2.75, 3.05) is 6.61 Å². The van der Waals surface area contributed by atoms with Gasteiger partial charge in [-0.25, -0.2) is 9.59 Å². The Hall–Kier alpha value is -3.33. The van der Waals surface area contributed by atoms with Crippen LogP contribution < -0.4 is 5.32 Å². The Labute approximate surface area is 205 Å². The van der Waals surface area contributed by atoms with Crippen LogP contribution in [0.25, 0.3) is 0 Å². The highest BCUT2D eigenvalue weighted by Gasteiger charge is 2.43. The molecule has 34 heavy (non-hydrogen) atoms. The molecule has 3 atom stereocenters. The number of nitrogens with one attached hydrogen (secondary N) is 1. The minimum absolute atomic E-state index is 0.156. The van der Waals surface area contributed by atoms with Gasteiger partial charge in [0.1, 0.15) is 30.9 Å². The standard InChI is InChI=1S/C24H20Cl2N2O6/c1-14-27-11-10-21(29)28(14)22-12-19(34-24(31)16-4-8-18(26)9-5-16)20(33-22)13-32-23(30)15-2-6-17(25)7-3-15/h2-11,19-20,22,27H,1,12-13H2/t19?,20-,22-/m1/s1. The first-order valence-electron chi connectivity index (χ1n) is 10.3. The Morgan fingerprint density at radius 3 is 2.21 bits per heavy atom. The highest BCUT2D eigenvalue weighted by atomic mass is 35.5. The van der Waals surface area contributed by atoms with E-state index in [0.717, 1.165) is 0 Å². The minimum atomic E-state index is -0.816. The molecule has 2 aromatic rings. The van der Waals surface area contributed by atoms with Crippen LogP contribution in [0.5, 0.6) is 0 Å². The number of carbonyl (C=O) groups excluding carboxylic acids is 3. The van der Waals surface area contributed by atoms with Gasteiger partial charge < -0.3 is 19.5 Å². The minimum Gasteiger partial charge on any atom is -0.459 e. The Morgan fingerprint density at radius 1 is 1.03 bits per heavy atom. The molecule has 0 radical (unpaired) electrons. The number of nitrogens with zero attached hydrogens (tertiary/aromatic N) is 1. The van der Waals surface area contributed by atoms with Gasteiger partial charge in [-0.2, -0.15) is 0 Å². The molecule has 0 saturated carbocycles. The van der Waals surface area contributed by atoms with Gasteiger partial charge in [0.05, 0.1) is 11.1 Å². The quantitative estimate of drug-likeness (QED) is 0.598. The molecule has 4 rings (SSSR count). The van der Waals surface area contributed by atoms with E-state index in [0.29, 0.717) is 27.0 Å². The molecule has 0 spiro atoms. The molecule has 2 aromatic carbocycles. The monoisotopic (exact) mass is 502 g/mol. The fraction of sp³-hybridized carbons (Fsp3) is 0.208. The van der Waals surface area contributed by atoms with Gasteiger partial charge in [0.25, 0.3) is 5.91 Å². The molecule has 1 saturated heterocycles. The maximum atomic E-state index is 12.7. The molecule has 0 bridgehead atoms. The summed E-state index contributed by atoms with van der Waals surface area (Å²) in [6.45, 7) is 3.62. The fourth-order valence-electron chi connectivity index (χ4n) is 3.56. The summed E-state index contributed by atoms with van der Waals surface area (Å²) in [5.74, 6) is -1.20. The van der Waals surface area contributed by atoms with E-state index in [9.17, 15) is 14.4 Å². The van der Waals surface area contributed by atoms with E-state index in [4.69, 9.17) is 37.4 Å². The lowest BCUT2D eigenvalue weighted by atomic mass is 10.1. The number of esters is 2. The molecule has 10 heteroatoms. The molecule has 2 aliphatic heterocycles. The zero-order valence-corrected chi connectivity index (χ0v) is 19.3. The molecule has 176 valence electrons. The summed E-state index contributed by atoms with van der Waals surface area (Å²) in [5, 5.41) is 3.82. The Kier molecular flexibility index (Phi) is 7.21. The van der Waals surface area contributed by atoms with Gasteiger partial charge in [-0.15, -0.1) is 0 Å². The van der Waals surface area contributed by atoms with Crippen LogP contribution >= 0.6 is 23.2 Å². The molecule has 0 aromatic heterocycles. The first-order chi connectivity index (χ1) is 16.3. The van der Waals surface area contributed by atoms with Crippen molar-refractivity contribution in [3.05, 3.63) is 94.4 Å². The van der Waals surface area contributed by atoms with Crippen molar-refractivity contribution < 1.29 is 28.6 Å². The summed E-state index contributed by atoms with van der Waals surface area (Å²) in [5.41, 5.74) is 0.607. The van der Waals surface area contributed by atoms with E-state index in [-0.39, 0.29) is 18.9 Å². The van der Waals surface area contributed by atoms with Crippen molar-refractivity contribution >= 4 is 41.0 Å². The molecule has 8 nitrogen and oxygen atoms in total. The highest BCUT2D eigenvalue weighted by molar-refractivity contribution is 6.31. The van der Waals surface area contributed by atoms with Crippen LogP contribution in [0, 0.1) is 0 Å². The van der Waals surface area contributed by atoms with Crippen molar-refractivity contribution in [1.29, 1.82) is 0 Å². The SMILES string of the molecule is C=C1NC=CC(=O)N1[C@H]1CC(OC(=O)c2ccc(Cl)cc2)[C@@H](COC(=O)c2ccc(Cl)cc2)O1. The third-order valence-electron chi connectivity index (χ3n) is 5.27. The van der Waals surface area contributed by atoms with E-state index in [1.54, 1.807) is 24.3 Å². The molecule has 2 aliphatic rings. The van der Waals surface area contributed by atoms with Crippen molar-refractivity contribution in [1.82, 2.24) is 10.2 Å². The third kappa shape index (κ3) is 5.41. The smallest absolute Gasteiger partial charge is 0.338 e. The normalized spacial score (nSPS) is 21.8. The summed E-state index contributed by atoms with van der Waals surface area (Å²) in [7, 11) is 0. The Morgan fingerprint density at radius 2 is 1.62 bits per heavy atom. The predicted octanol–water partition coefficient (Wildman–Crippen LogP) is 3.91. The zero-order chi connectivity index (χ0) is 24.2. The lowest BCUT2D eigenvalue weighted by Gasteiger charge is -2.31. The van der Waals surface area contributed by atoms with Crippen LogP contribution in [-0.4, -0.2) is 47.8 Å². The van der Waals surface area contributed by atoms with Gasteiger partial charge in [0.15, 0.2) is 0 Å². The summed E-state index contributed by atoms with van der Waals surface area (Å²) in [6, 6.07) is 12.5. The molecule has 2 heterocycles. The predicted molar refractivity (Wildman–Crippen MR) is 124 cm³/mol. The van der Waals surface area contributed by atoms with Gasteiger partial charge in [0, 0.05) is 28.7 Å². The van der Waals surface area contributed by atoms with Crippen LogP contribution in [0.2, 0.25) is 10.0 Å². The average molecular weight is 503 g/mol. The fourth-order valence-corrected chi connectivity index (χ4v) is 3.81. The maximum absolute atomic E-state index is 12.7. The van der Waals surface area contributed by atoms with Gasteiger partial charge in [-0.1, -0.05) is 29.8 Å². The molecule has 0 aliphatic carbocycles. The number of halogens is 2. The molecule has 1 unspecified atom stereocenters. The number of ether oxygens (including phenoxy) is 3. The summed E-state index contributed by atoms with van der Waals surface area (Å²) < 4.78 is 17.1. The van der Waals surface area contributed by atoms with Crippen LogP contribution in [0.15, 0.2) is 73.2 Å². The van der Waals surface area contributed by atoms with E-state index in [1.807, 2.05) is 0 Å². The largest absolute Gasteiger partial charge is 0.459 e. The first-order valence-corrected chi connectivity index (χ1v) is 11.1. The van der Waals surface area contributed by atoms with E-state index < -0.39 is 30.4 Å². The molecule has 1 amide bonds. The number of benzene rings is 2. The number of amides is 1. The highest BCUT2D eigenvalue weighted by Crippen LogP contribution is 2.30. The number of carbonyl (C=O) groups is 3. The van der Waals surface area contributed by atoms with Crippen molar-refractivity contribution in [3.8, 4) is 0 Å². The molecular weight excluding hydrogens is 483 g/mol. The lowest BCUT2D eigenvalue weighted by molar-refractivity contribution is -0.138. The second-order valence-corrected chi connectivity index (χ2v) is 8.43. The van der Waals surface area contributed by atoms with Gasteiger partial charge in [-0.05, 0) is 48.5 Å². The second kappa shape index (κ2) is 10.3. The second-order valence-electron chi connectivity index (χ2n) is 7.55. The van der Waals surface area contributed by atoms with E-state index in [2.05, 4.69) is 11.9 Å². The van der Waals surface area contributed by atoms with Gasteiger partial charge in [0.2, 0.25) is 0 Å². The van der Waals surface area contributed by atoms with Crippen molar-refractivity contribution in [3.63, 3.8) is 0 Å². The van der Waals surface area contributed by atoms with Gasteiger partial charge in [-0.3, -0.25) is 9.69 Å². The first kappa shape index (κ1) is 23.8. The number of rotatable bonds is 6. The number of hydrogen-bond acceptors (Lipinski definition) is 7. The summed E-state index contributed by atoms with van der Waals surface area (Å²) in [4.78, 5) is 38.9. The van der Waals surface area contributed by atoms with Crippen LogP contribution in [0.4, 0.5) is 0 Å². The number of hydrogen-bond donors (Lipinski definition) is 1. The Balaban J connectivity index is 1.48. The topological polar surface area (TPSA) is 94.2 Å². The lowest BCUT2D eigenvalue weighted by Crippen LogP contribution is -2.44. The van der Waals surface area contributed by atoms with Crippen LogP contribution in [-0.2, 0) is 19.0 Å². The average Bonchev–Trinajstić information content (AvgIpc) is 3.20. The van der Waals surface area contributed by atoms with Crippen LogP contribution in [0.3, 0.4) is 0 Å². The summed E-state index contributed by atoms with van der Waals surface area (Å²) in [6.07, 6.45) is 0.574. The van der Waals surface area contributed by atoms with Crippen molar-refractivity contribution in [2.45, 2.75) is 24.9 Å². The van der Waals surface area contributed by atoms with E-state index >= 15 is 0 Å². The van der Waals surface area contributed by atoms with Gasteiger partial charge >= 0.3 is 11.9 Å². The third-order valence-corrected chi connectivity index (χ3v) is 5.77. The molecular formula is C24H20Cl2N2O6. The molecule has 1 fully saturated rings. The van der Waals surface area contributed by atoms with E-state index in [1.165, 1.54) is 41.4 Å². The molecule has 1 N–H and O–H groups in total. The maximum Gasteiger partial charge on any atom is 0.338 e. The van der Waals surface area contributed by atoms with Crippen molar-refractivity contribution in [2.24, 2.45) is 0 Å². The Bertz CT molecular complexity index is 1130. The zero-order valence-electron chi connectivity index (χ0n) is 17.8. The van der Waals surface area contributed by atoms with Crippen LogP contribution in [0.1, 0.15) is 27.1 Å². The summed E-state index contributed by atoms with van der Waals surface area (Å²) >= 11 is 11.7.